The summed E-state index contributed by atoms with van der Waals surface area (Å²) in [5.41, 5.74) is 5.72. The van der Waals surface area contributed by atoms with Gasteiger partial charge in [0.15, 0.2) is 0 Å². The Bertz CT molecular complexity index is 1810. The Kier molecular flexibility index (Phi) is 16.3. The third-order valence-corrected chi connectivity index (χ3v) is 8.71. The molecule has 0 atom stereocenters. The topological polar surface area (TPSA) is 155 Å². The number of piperazine rings is 1. The van der Waals surface area contributed by atoms with E-state index >= 15 is 0 Å². The molecular weight excluding hydrogens is 686 g/mol. The number of likely N-dealkylation sites (tertiary alicyclic amines) is 1. The van der Waals surface area contributed by atoms with Crippen LogP contribution in [0, 0.1) is 13.8 Å². The molecule has 4 heterocycles. The van der Waals surface area contributed by atoms with Gasteiger partial charge in [-0.3, -0.25) is 4.98 Å². The highest BCUT2D eigenvalue weighted by molar-refractivity contribution is 5.90. The van der Waals surface area contributed by atoms with Crippen molar-refractivity contribution < 1.29 is 28.7 Å². The van der Waals surface area contributed by atoms with E-state index in [0.29, 0.717) is 49.0 Å². The highest BCUT2D eigenvalue weighted by Gasteiger charge is 2.25. The van der Waals surface area contributed by atoms with Crippen LogP contribution >= 0.6 is 0 Å². The number of urea groups is 1. The van der Waals surface area contributed by atoms with Gasteiger partial charge >= 0.3 is 18.0 Å². The Hall–Kier alpha value is -5.91. The van der Waals surface area contributed by atoms with E-state index < -0.39 is 0 Å². The summed E-state index contributed by atoms with van der Waals surface area (Å²) in [5.74, 6) is 0.551. The number of pyridine rings is 2. The number of aliphatic imine (C=N–C) groups is 1. The minimum atomic E-state index is -0.348. The highest BCUT2D eigenvalue weighted by atomic mass is 16.5. The molecular formula is C41H49N7O6. The van der Waals surface area contributed by atoms with Crippen molar-refractivity contribution in [3.63, 3.8) is 0 Å². The Morgan fingerprint density at radius 2 is 1.33 bits per heavy atom. The molecule has 0 aliphatic carbocycles. The number of anilines is 2. The molecule has 0 bridgehead atoms. The van der Waals surface area contributed by atoms with Gasteiger partial charge in [0.05, 0.1) is 30.0 Å². The molecule has 54 heavy (non-hydrogen) atoms. The van der Waals surface area contributed by atoms with Crippen LogP contribution in [0.3, 0.4) is 0 Å². The number of ether oxygens (including phenoxy) is 2. The van der Waals surface area contributed by atoms with Crippen molar-refractivity contribution in [2.45, 2.75) is 46.5 Å². The van der Waals surface area contributed by atoms with Crippen molar-refractivity contribution in [3.05, 3.63) is 113 Å². The largest absolute Gasteiger partial charge is 0.462 e. The van der Waals surface area contributed by atoms with Crippen molar-refractivity contribution in [1.82, 2.24) is 20.2 Å². The monoisotopic (exact) mass is 735 g/mol. The van der Waals surface area contributed by atoms with Crippen LogP contribution in [-0.4, -0.2) is 91.4 Å². The lowest BCUT2D eigenvalue weighted by atomic mass is 9.93. The van der Waals surface area contributed by atoms with Crippen LogP contribution in [0.25, 0.3) is 0 Å². The van der Waals surface area contributed by atoms with Crippen molar-refractivity contribution >= 4 is 41.2 Å². The summed E-state index contributed by atoms with van der Waals surface area (Å²) < 4.78 is 9.89. The molecule has 2 aromatic carbocycles. The molecule has 2 amide bonds. The lowest BCUT2D eigenvalue weighted by Gasteiger charge is -2.31. The first-order valence-electron chi connectivity index (χ1n) is 18.2. The maximum atomic E-state index is 12.4. The third kappa shape index (κ3) is 12.9. The van der Waals surface area contributed by atoms with Gasteiger partial charge < -0.3 is 29.9 Å². The summed E-state index contributed by atoms with van der Waals surface area (Å²) in [6.45, 7) is 13.5. The van der Waals surface area contributed by atoms with Gasteiger partial charge in [0.1, 0.15) is 5.82 Å². The van der Waals surface area contributed by atoms with Gasteiger partial charge in [-0.1, -0.05) is 35.4 Å². The van der Waals surface area contributed by atoms with Gasteiger partial charge in [-0.15, -0.1) is 0 Å². The maximum absolute atomic E-state index is 12.4. The summed E-state index contributed by atoms with van der Waals surface area (Å²) in [7, 11) is 0. The number of amides is 2. The van der Waals surface area contributed by atoms with Crippen LogP contribution in [0.5, 0.6) is 0 Å². The number of aromatic nitrogens is 2. The summed E-state index contributed by atoms with van der Waals surface area (Å²) in [6, 6.07) is 22.4. The van der Waals surface area contributed by atoms with E-state index in [4.69, 9.17) is 9.47 Å². The highest BCUT2D eigenvalue weighted by Crippen LogP contribution is 2.27. The molecule has 2 N–H and O–H groups in total. The molecule has 2 aliphatic rings. The normalized spacial score (nSPS) is 13.9. The molecule has 2 fully saturated rings. The van der Waals surface area contributed by atoms with E-state index in [1.165, 1.54) is 6.08 Å². The molecule has 6 rings (SSSR count). The smallest absolute Gasteiger partial charge is 0.339 e. The van der Waals surface area contributed by atoms with Gasteiger partial charge in [0, 0.05) is 69.0 Å². The quantitative estimate of drug-likeness (QED) is 0.115. The lowest BCUT2D eigenvalue weighted by molar-refractivity contribution is 0.0516. The van der Waals surface area contributed by atoms with Crippen molar-refractivity contribution in [1.29, 1.82) is 0 Å². The lowest BCUT2D eigenvalue weighted by Crippen LogP contribution is -2.43. The second-order valence-electron chi connectivity index (χ2n) is 12.7. The Labute approximate surface area is 316 Å². The Morgan fingerprint density at radius 1 is 0.778 bits per heavy atom. The predicted octanol–water partition coefficient (Wildman–Crippen LogP) is 6.61. The number of rotatable bonds is 8. The fourth-order valence-electron chi connectivity index (χ4n) is 5.67. The number of nitrogens with zero attached hydrogens (tertiary/aromatic N) is 5. The molecule has 4 aromatic rings. The Balaban J connectivity index is 0.000000204. The molecule has 13 heteroatoms. The van der Waals surface area contributed by atoms with Crippen molar-refractivity contribution in [3.8, 4) is 0 Å². The number of carbonyl (C=O) groups is 3. The number of hydrogen-bond acceptors (Lipinski definition) is 11. The summed E-state index contributed by atoms with van der Waals surface area (Å²) in [4.78, 5) is 61.6. The zero-order chi connectivity index (χ0) is 38.7. The van der Waals surface area contributed by atoms with E-state index in [0.717, 1.165) is 67.3 Å². The number of nitrogens with one attached hydrogen (secondary N) is 2. The first kappa shape index (κ1) is 40.9. The number of piperidine rings is 1. The molecule has 0 radical (unpaired) electrons. The predicted molar refractivity (Wildman–Crippen MR) is 208 cm³/mol. The molecule has 0 saturated carbocycles. The average molecular weight is 736 g/mol. The summed E-state index contributed by atoms with van der Waals surface area (Å²) >= 11 is 0. The molecule has 0 spiro atoms. The van der Waals surface area contributed by atoms with E-state index in [1.54, 1.807) is 50.5 Å². The van der Waals surface area contributed by atoms with E-state index in [1.807, 2.05) is 67.3 Å². The third-order valence-electron chi connectivity index (χ3n) is 8.71. The van der Waals surface area contributed by atoms with Gasteiger partial charge in [-0.25, -0.2) is 24.2 Å². The van der Waals surface area contributed by atoms with Crippen LogP contribution in [0.15, 0.2) is 90.2 Å². The van der Waals surface area contributed by atoms with Crippen molar-refractivity contribution in [2.24, 2.45) is 4.99 Å². The average Bonchev–Trinajstić information content (AvgIpc) is 3.21. The minimum absolute atomic E-state index is 0.0667. The van der Waals surface area contributed by atoms with Crippen LogP contribution < -0.4 is 15.5 Å². The SMILES string of the molecule is CCOC(=O)c1ccc(C2CCN(C(=O)Nc3ccc(C)cc3)CC2)nc1.CCOC(=O)c1ccc(N2CCNCC2)nc1.Cc1ccc(N=C=O)cc1. The van der Waals surface area contributed by atoms with E-state index in [2.05, 4.69) is 30.5 Å². The second-order valence-corrected chi connectivity index (χ2v) is 12.7. The number of benzene rings is 2. The van der Waals surface area contributed by atoms with Gasteiger partial charge in [0.2, 0.25) is 6.08 Å². The van der Waals surface area contributed by atoms with Gasteiger partial charge in [0.25, 0.3) is 0 Å². The van der Waals surface area contributed by atoms with Crippen LogP contribution in [0.1, 0.15) is 70.1 Å². The number of carbonyl (C=O) groups excluding carboxylic acids is 4. The molecule has 2 saturated heterocycles. The van der Waals surface area contributed by atoms with E-state index in [9.17, 15) is 19.2 Å². The minimum Gasteiger partial charge on any atom is -0.462 e. The number of hydrogen-bond donors (Lipinski definition) is 2. The van der Waals surface area contributed by atoms with Gasteiger partial charge in [-0.2, -0.15) is 4.99 Å². The zero-order valence-electron chi connectivity index (χ0n) is 31.4. The van der Waals surface area contributed by atoms with Crippen LogP contribution in [-0.2, 0) is 14.3 Å². The molecule has 0 unspecified atom stereocenters. The summed E-state index contributed by atoms with van der Waals surface area (Å²) in [6.07, 6.45) is 6.34. The first-order chi connectivity index (χ1) is 26.2. The summed E-state index contributed by atoms with van der Waals surface area (Å²) in [5, 5.41) is 6.23. The fraction of sp³-hybridized carbons (Fsp3) is 0.366. The zero-order valence-corrected chi connectivity index (χ0v) is 31.4. The van der Waals surface area contributed by atoms with E-state index in [-0.39, 0.29) is 18.0 Å². The van der Waals surface area contributed by atoms with Crippen LogP contribution in [0.4, 0.5) is 22.0 Å². The molecule has 2 aliphatic heterocycles. The number of esters is 2. The molecule has 284 valence electrons. The maximum Gasteiger partial charge on any atom is 0.339 e. The first-order valence-corrected chi connectivity index (χ1v) is 18.2. The Morgan fingerprint density at radius 3 is 1.83 bits per heavy atom. The van der Waals surface area contributed by atoms with Crippen molar-refractivity contribution in [2.75, 3.05) is 62.7 Å². The molecule has 2 aromatic heterocycles. The van der Waals surface area contributed by atoms with Gasteiger partial charge in [-0.05, 0) is 89.1 Å². The fourth-order valence-corrected chi connectivity index (χ4v) is 5.67. The van der Waals surface area contributed by atoms with Crippen LogP contribution in [0.2, 0.25) is 0 Å². The molecule has 13 nitrogen and oxygen atoms in total. The number of isocyanates is 1. The second kappa shape index (κ2) is 21.6. The standard InChI is InChI=1S/C21H25N3O3.C12H17N3O2.C8H7NO/c1-3-27-20(25)17-6-9-19(22-14-17)16-10-12-24(13-11-16)21(26)23-18-7-4-15(2)5-8-18;1-2-17-12(16)10-3-4-11(14-9-10)15-7-5-13-6-8-15;1-7-2-4-8(5-3-7)9-6-10/h4-9,14,16H,3,10-13H2,1-2H3,(H,23,26);3-4,9,13H,2,5-8H2,1H3;2-5H,1H3. The number of aryl methyl sites for hydroxylation is 2.